The second-order valence-corrected chi connectivity index (χ2v) is 6.89. The van der Waals surface area contributed by atoms with Crippen molar-refractivity contribution in [3.05, 3.63) is 76.7 Å². The molecule has 8 heteroatoms. The lowest BCUT2D eigenvalue weighted by Crippen LogP contribution is -2.18. The van der Waals surface area contributed by atoms with Gasteiger partial charge in [0.2, 0.25) is 0 Å². The molecule has 0 aliphatic carbocycles. The van der Waals surface area contributed by atoms with Gasteiger partial charge in [-0.05, 0) is 30.7 Å². The van der Waals surface area contributed by atoms with Crippen LogP contribution >= 0.6 is 11.6 Å². The fourth-order valence-electron chi connectivity index (χ4n) is 3.15. The first-order chi connectivity index (χ1) is 14.1. The number of hydrogen-bond acceptors (Lipinski definition) is 5. The van der Waals surface area contributed by atoms with E-state index < -0.39 is 0 Å². The number of halogens is 1. The summed E-state index contributed by atoms with van der Waals surface area (Å²) in [6.07, 6.45) is 0. The van der Waals surface area contributed by atoms with Crippen molar-refractivity contribution in [2.45, 2.75) is 13.5 Å². The lowest BCUT2D eigenvalue weighted by molar-refractivity contribution is 0.102. The molecule has 4 aromatic rings. The molecule has 146 valence electrons. The van der Waals surface area contributed by atoms with Crippen molar-refractivity contribution >= 4 is 28.8 Å². The number of aryl methyl sites for hydroxylation is 1. The van der Waals surface area contributed by atoms with E-state index in [9.17, 15) is 4.79 Å². The number of ether oxygens (including phenoxy) is 1. The first-order valence-electron chi connectivity index (χ1n) is 8.94. The van der Waals surface area contributed by atoms with Gasteiger partial charge in [0, 0.05) is 17.8 Å². The lowest BCUT2D eigenvalue weighted by Gasteiger charge is -2.08. The highest BCUT2D eigenvalue weighted by molar-refractivity contribution is 6.30. The molecule has 2 heterocycles. The number of hydrogen-bond donors (Lipinski definition) is 1. The van der Waals surface area contributed by atoms with Gasteiger partial charge < -0.3 is 10.1 Å². The van der Waals surface area contributed by atoms with E-state index in [2.05, 4.69) is 20.6 Å². The Morgan fingerprint density at radius 2 is 1.93 bits per heavy atom. The average molecular weight is 408 g/mol. The quantitative estimate of drug-likeness (QED) is 0.537. The van der Waals surface area contributed by atoms with Crippen molar-refractivity contribution in [2.75, 3.05) is 12.4 Å². The molecule has 4 rings (SSSR count). The molecule has 0 aliphatic rings. The Balaban J connectivity index is 1.79. The van der Waals surface area contributed by atoms with Crippen molar-refractivity contribution < 1.29 is 9.53 Å². The monoisotopic (exact) mass is 407 g/mol. The maximum Gasteiger partial charge on any atom is 0.278 e. The Morgan fingerprint density at radius 3 is 2.66 bits per heavy atom. The number of rotatable bonds is 5. The van der Waals surface area contributed by atoms with Crippen LogP contribution in [-0.2, 0) is 11.3 Å². The maximum atomic E-state index is 12.8. The highest BCUT2D eigenvalue weighted by atomic mass is 35.5. The second-order valence-electron chi connectivity index (χ2n) is 6.45. The summed E-state index contributed by atoms with van der Waals surface area (Å²) in [6, 6.07) is 16.7. The third kappa shape index (κ3) is 3.70. The molecule has 0 spiro atoms. The van der Waals surface area contributed by atoms with Gasteiger partial charge in [-0.1, -0.05) is 48.0 Å². The van der Waals surface area contributed by atoms with Gasteiger partial charge in [-0.15, -0.1) is 10.2 Å². The van der Waals surface area contributed by atoms with Gasteiger partial charge in [0.05, 0.1) is 23.6 Å². The van der Waals surface area contributed by atoms with Crippen molar-refractivity contribution in [3.63, 3.8) is 0 Å². The summed E-state index contributed by atoms with van der Waals surface area (Å²) in [5.74, 6) is -0.385. The summed E-state index contributed by atoms with van der Waals surface area (Å²) in [5.41, 5.74) is 4.43. The molecule has 1 N–H and O–H groups in total. The minimum atomic E-state index is -0.385. The normalized spacial score (nSPS) is 11.0. The molecular weight excluding hydrogens is 390 g/mol. The Labute approximate surface area is 172 Å². The van der Waals surface area contributed by atoms with E-state index in [1.54, 1.807) is 42.8 Å². The van der Waals surface area contributed by atoms with E-state index in [-0.39, 0.29) is 11.6 Å². The van der Waals surface area contributed by atoms with E-state index in [1.165, 1.54) is 0 Å². The smallest absolute Gasteiger partial charge is 0.278 e. The molecule has 2 aromatic heterocycles. The fourth-order valence-corrected chi connectivity index (χ4v) is 3.34. The van der Waals surface area contributed by atoms with Crippen LogP contribution in [0.15, 0.2) is 54.6 Å². The van der Waals surface area contributed by atoms with Crippen LogP contribution in [0.4, 0.5) is 5.69 Å². The van der Waals surface area contributed by atoms with E-state index in [0.717, 1.165) is 16.8 Å². The minimum Gasteiger partial charge on any atom is -0.378 e. The number of amides is 1. The van der Waals surface area contributed by atoms with Crippen LogP contribution in [0.2, 0.25) is 5.02 Å². The third-order valence-corrected chi connectivity index (χ3v) is 4.71. The van der Waals surface area contributed by atoms with Crippen LogP contribution in [0, 0.1) is 6.92 Å². The number of benzene rings is 2. The first kappa shape index (κ1) is 19.0. The van der Waals surface area contributed by atoms with E-state index in [4.69, 9.17) is 16.3 Å². The number of aromatic nitrogens is 4. The van der Waals surface area contributed by atoms with Gasteiger partial charge in [-0.25, -0.2) is 4.52 Å². The van der Waals surface area contributed by atoms with Crippen LogP contribution in [0.3, 0.4) is 0 Å². The van der Waals surface area contributed by atoms with Gasteiger partial charge in [0.15, 0.2) is 11.3 Å². The highest BCUT2D eigenvalue weighted by Gasteiger charge is 2.21. The number of nitrogens with one attached hydrogen (secondary N) is 1. The van der Waals surface area contributed by atoms with E-state index >= 15 is 0 Å². The zero-order valence-electron chi connectivity index (χ0n) is 15.9. The van der Waals surface area contributed by atoms with Crippen LogP contribution in [-0.4, -0.2) is 32.8 Å². The number of anilines is 1. The summed E-state index contributed by atoms with van der Waals surface area (Å²) in [5, 5.41) is 16.5. The van der Waals surface area contributed by atoms with Gasteiger partial charge >= 0.3 is 0 Å². The number of carbonyl (C=O) groups is 1. The number of fused-ring (bicyclic) bond motifs is 1. The molecule has 0 radical (unpaired) electrons. The molecule has 0 bridgehead atoms. The van der Waals surface area contributed by atoms with Crippen LogP contribution < -0.4 is 5.32 Å². The van der Waals surface area contributed by atoms with Crippen LogP contribution in [0.1, 0.15) is 21.9 Å². The molecule has 0 saturated heterocycles. The Morgan fingerprint density at radius 1 is 1.14 bits per heavy atom. The van der Waals surface area contributed by atoms with Crippen molar-refractivity contribution in [2.24, 2.45) is 0 Å². The molecular formula is C21H18ClN5O2. The number of methoxy groups -OCH3 is 1. The molecule has 0 aliphatic heterocycles. The van der Waals surface area contributed by atoms with Gasteiger partial charge in [-0.3, -0.25) is 4.79 Å². The largest absolute Gasteiger partial charge is 0.378 e. The molecule has 0 atom stereocenters. The van der Waals surface area contributed by atoms with Gasteiger partial charge in [-0.2, -0.15) is 5.10 Å². The molecule has 0 unspecified atom stereocenters. The summed E-state index contributed by atoms with van der Waals surface area (Å²) < 4.78 is 6.95. The van der Waals surface area contributed by atoms with Gasteiger partial charge in [0.25, 0.3) is 5.91 Å². The van der Waals surface area contributed by atoms with E-state index in [0.29, 0.717) is 28.7 Å². The number of carbonyl (C=O) groups excluding carboxylic acids is 1. The Hall–Kier alpha value is -3.29. The standard InChI is InChI=1S/C21H18ClN5O2/c1-13-19(21(28)23-16-10-6-9-15(22)11-16)24-25-20-18(14-7-4-3-5-8-14)17(12-29-2)26-27(13)20/h3-11H,12H2,1-2H3,(H,23,28). The summed E-state index contributed by atoms with van der Waals surface area (Å²) in [4.78, 5) is 12.8. The van der Waals surface area contributed by atoms with Gasteiger partial charge in [0.1, 0.15) is 0 Å². The maximum absolute atomic E-state index is 12.8. The Kier molecular flexibility index (Phi) is 5.24. The molecule has 29 heavy (non-hydrogen) atoms. The zero-order valence-corrected chi connectivity index (χ0v) is 16.6. The highest BCUT2D eigenvalue weighted by Crippen LogP contribution is 2.28. The van der Waals surface area contributed by atoms with Crippen molar-refractivity contribution in [1.82, 2.24) is 19.8 Å². The minimum absolute atomic E-state index is 0.184. The topological polar surface area (TPSA) is 81.4 Å². The fraction of sp³-hybridized carbons (Fsp3) is 0.143. The predicted octanol–water partition coefficient (Wildman–Crippen LogP) is 4.15. The van der Waals surface area contributed by atoms with Crippen molar-refractivity contribution in [3.8, 4) is 11.1 Å². The van der Waals surface area contributed by atoms with Crippen LogP contribution in [0.25, 0.3) is 16.8 Å². The third-order valence-electron chi connectivity index (χ3n) is 4.48. The average Bonchev–Trinajstić information content (AvgIpc) is 3.08. The predicted molar refractivity (Wildman–Crippen MR) is 111 cm³/mol. The lowest BCUT2D eigenvalue weighted by atomic mass is 10.1. The zero-order chi connectivity index (χ0) is 20.4. The van der Waals surface area contributed by atoms with Crippen LogP contribution in [0.5, 0.6) is 0 Å². The van der Waals surface area contributed by atoms with Crippen molar-refractivity contribution in [1.29, 1.82) is 0 Å². The Bertz CT molecular complexity index is 1190. The van der Waals surface area contributed by atoms with E-state index in [1.807, 2.05) is 30.3 Å². The molecule has 0 saturated carbocycles. The second kappa shape index (κ2) is 7.98. The molecule has 1 amide bonds. The first-order valence-corrected chi connectivity index (χ1v) is 9.32. The number of nitrogens with zero attached hydrogens (tertiary/aromatic N) is 4. The molecule has 2 aromatic carbocycles. The summed E-state index contributed by atoms with van der Waals surface area (Å²) in [7, 11) is 1.61. The summed E-state index contributed by atoms with van der Waals surface area (Å²) in [6.45, 7) is 2.10. The molecule has 0 fully saturated rings. The SMILES string of the molecule is COCc1nn2c(C)c(C(=O)Nc3cccc(Cl)c3)nnc2c1-c1ccccc1. The molecule has 7 nitrogen and oxygen atoms in total. The summed E-state index contributed by atoms with van der Waals surface area (Å²) >= 11 is 5.99.